The van der Waals surface area contributed by atoms with Crippen molar-refractivity contribution in [2.45, 2.75) is 13.1 Å². The molecule has 1 aromatic carbocycles. The summed E-state index contributed by atoms with van der Waals surface area (Å²) >= 11 is 1.70. The van der Waals surface area contributed by atoms with Crippen LogP contribution in [0.5, 0.6) is 5.75 Å². The Balaban J connectivity index is 1.79. The quantitative estimate of drug-likeness (QED) is 0.570. The topological polar surface area (TPSA) is 48.9 Å². The van der Waals surface area contributed by atoms with Gasteiger partial charge < -0.3 is 20.3 Å². The number of rotatable bonds is 8. The predicted molar refractivity (Wildman–Crippen MR) is 102 cm³/mol. The Morgan fingerprint density at radius 3 is 2.62 bits per heavy atom. The van der Waals surface area contributed by atoms with Gasteiger partial charge in [-0.2, -0.15) is 11.3 Å². The van der Waals surface area contributed by atoms with E-state index < -0.39 is 0 Å². The number of nitrogens with zero attached hydrogens (tertiary/aromatic N) is 2. The van der Waals surface area contributed by atoms with Crippen molar-refractivity contribution in [2.75, 3.05) is 34.3 Å². The van der Waals surface area contributed by atoms with Gasteiger partial charge >= 0.3 is 0 Å². The highest BCUT2D eigenvalue weighted by molar-refractivity contribution is 7.07. The van der Waals surface area contributed by atoms with Crippen molar-refractivity contribution in [1.82, 2.24) is 15.5 Å². The number of likely N-dealkylation sites (N-methyl/N-ethyl adjacent to an activating group) is 1. The molecule has 2 N–H and O–H groups in total. The zero-order valence-corrected chi connectivity index (χ0v) is 15.4. The zero-order valence-electron chi connectivity index (χ0n) is 14.6. The van der Waals surface area contributed by atoms with Gasteiger partial charge in [0, 0.05) is 26.7 Å². The van der Waals surface area contributed by atoms with E-state index in [-0.39, 0.29) is 0 Å². The van der Waals surface area contributed by atoms with E-state index in [1.165, 1.54) is 5.56 Å². The summed E-state index contributed by atoms with van der Waals surface area (Å²) in [5.74, 6) is 1.69. The highest BCUT2D eigenvalue weighted by Gasteiger charge is 2.01. The SMILES string of the molecule is CN=C(NCc1ccsc1)NCc1cccc(OCCN(C)C)c1. The summed E-state index contributed by atoms with van der Waals surface area (Å²) in [6.45, 7) is 3.07. The molecule has 0 saturated heterocycles. The van der Waals surface area contributed by atoms with Crippen LogP contribution in [0.25, 0.3) is 0 Å². The molecule has 0 spiro atoms. The molecule has 0 radical (unpaired) electrons. The fourth-order valence-corrected chi connectivity index (χ4v) is 2.75. The van der Waals surface area contributed by atoms with Crippen LogP contribution in [-0.2, 0) is 13.1 Å². The molecule has 6 heteroatoms. The summed E-state index contributed by atoms with van der Waals surface area (Å²) in [6, 6.07) is 10.3. The third-order valence-corrected chi connectivity index (χ3v) is 4.16. The fourth-order valence-electron chi connectivity index (χ4n) is 2.08. The predicted octanol–water partition coefficient (Wildman–Crippen LogP) is 2.55. The normalized spacial score (nSPS) is 11.6. The number of thiophene rings is 1. The smallest absolute Gasteiger partial charge is 0.191 e. The third kappa shape index (κ3) is 6.60. The molecular weight excluding hydrogens is 320 g/mol. The van der Waals surface area contributed by atoms with Gasteiger partial charge in [0.25, 0.3) is 0 Å². The molecule has 0 aliphatic rings. The molecule has 2 aromatic rings. The zero-order chi connectivity index (χ0) is 17.2. The standard InChI is InChI=1S/C18H26N4OS/c1-19-18(21-13-16-7-10-24-14-16)20-12-15-5-4-6-17(11-15)23-9-8-22(2)3/h4-7,10-11,14H,8-9,12-13H2,1-3H3,(H2,19,20,21). The summed E-state index contributed by atoms with van der Waals surface area (Å²) in [5, 5.41) is 10.9. The summed E-state index contributed by atoms with van der Waals surface area (Å²) in [4.78, 5) is 6.36. The summed E-state index contributed by atoms with van der Waals surface area (Å²) in [6.07, 6.45) is 0. The molecule has 0 amide bonds. The fraction of sp³-hybridized carbons (Fsp3) is 0.389. The molecule has 130 valence electrons. The molecule has 2 rings (SSSR count). The van der Waals surface area contributed by atoms with Gasteiger partial charge in [-0.1, -0.05) is 12.1 Å². The van der Waals surface area contributed by atoms with Crippen LogP contribution in [0, 0.1) is 0 Å². The third-order valence-electron chi connectivity index (χ3n) is 3.43. The van der Waals surface area contributed by atoms with Crippen molar-refractivity contribution in [3.8, 4) is 5.75 Å². The molecule has 0 saturated carbocycles. The maximum Gasteiger partial charge on any atom is 0.191 e. The Morgan fingerprint density at radius 2 is 1.96 bits per heavy atom. The Labute approximate surface area is 148 Å². The molecule has 24 heavy (non-hydrogen) atoms. The van der Waals surface area contributed by atoms with Crippen LogP contribution in [0.3, 0.4) is 0 Å². The van der Waals surface area contributed by atoms with E-state index >= 15 is 0 Å². The molecule has 1 heterocycles. The lowest BCUT2D eigenvalue weighted by atomic mass is 10.2. The lowest BCUT2D eigenvalue weighted by Gasteiger charge is -2.13. The maximum atomic E-state index is 5.77. The molecule has 1 aromatic heterocycles. The molecule has 0 atom stereocenters. The molecule has 0 fully saturated rings. The first-order valence-corrected chi connectivity index (χ1v) is 8.93. The van der Waals surface area contributed by atoms with Crippen LogP contribution in [0.4, 0.5) is 0 Å². The first-order valence-electron chi connectivity index (χ1n) is 7.99. The second-order valence-corrected chi connectivity index (χ2v) is 6.49. The van der Waals surface area contributed by atoms with E-state index in [0.29, 0.717) is 13.2 Å². The van der Waals surface area contributed by atoms with Gasteiger partial charge in [-0.25, -0.2) is 0 Å². The monoisotopic (exact) mass is 346 g/mol. The summed E-state index contributed by atoms with van der Waals surface area (Å²) < 4.78 is 5.77. The molecule has 5 nitrogen and oxygen atoms in total. The van der Waals surface area contributed by atoms with E-state index in [1.54, 1.807) is 18.4 Å². The minimum atomic E-state index is 0.688. The van der Waals surface area contributed by atoms with Crippen LogP contribution < -0.4 is 15.4 Å². The lowest BCUT2D eigenvalue weighted by molar-refractivity contribution is 0.261. The van der Waals surface area contributed by atoms with Crippen molar-refractivity contribution < 1.29 is 4.74 Å². The van der Waals surface area contributed by atoms with Gasteiger partial charge in [-0.05, 0) is 54.2 Å². The highest BCUT2D eigenvalue weighted by atomic mass is 32.1. The molecule has 0 aliphatic heterocycles. The number of hydrogen-bond donors (Lipinski definition) is 2. The number of aliphatic imine (C=N–C) groups is 1. The van der Waals surface area contributed by atoms with E-state index in [1.807, 2.05) is 26.2 Å². The van der Waals surface area contributed by atoms with Crippen LogP contribution in [0.2, 0.25) is 0 Å². The summed E-state index contributed by atoms with van der Waals surface area (Å²) in [5.41, 5.74) is 2.43. The second-order valence-electron chi connectivity index (χ2n) is 5.71. The number of benzene rings is 1. The van der Waals surface area contributed by atoms with Crippen LogP contribution in [-0.4, -0.2) is 45.2 Å². The minimum Gasteiger partial charge on any atom is -0.492 e. The van der Waals surface area contributed by atoms with E-state index in [4.69, 9.17) is 4.74 Å². The van der Waals surface area contributed by atoms with Crippen molar-refractivity contribution in [3.63, 3.8) is 0 Å². The first-order chi connectivity index (χ1) is 11.7. The Bertz CT molecular complexity index is 626. The Kier molecular flexibility index (Phi) is 7.58. The van der Waals surface area contributed by atoms with Crippen LogP contribution in [0.1, 0.15) is 11.1 Å². The van der Waals surface area contributed by atoms with E-state index in [0.717, 1.165) is 30.4 Å². The average Bonchev–Trinajstić information content (AvgIpc) is 3.08. The van der Waals surface area contributed by atoms with Gasteiger partial charge in [0.2, 0.25) is 0 Å². The molecule has 0 bridgehead atoms. The molecular formula is C18H26N4OS. The van der Waals surface area contributed by atoms with E-state index in [2.05, 4.69) is 49.5 Å². The largest absolute Gasteiger partial charge is 0.492 e. The van der Waals surface area contributed by atoms with Crippen molar-refractivity contribution >= 4 is 17.3 Å². The maximum absolute atomic E-state index is 5.77. The van der Waals surface area contributed by atoms with Crippen LogP contribution >= 0.6 is 11.3 Å². The number of hydrogen-bond acceptors (Lipinski definition) is 4. The average molecular weight is 347 g/mol. The van der Waals surface area contributed by atoms with Crippen molar-refractivity contribution in [3.05, 3.63) is 52.2 Å². The Morgan fingerprint density at radius 1 is 1.17 bits per heavy atom. The number of ether oxygens (including phenoxy) is 1. The van der Waals surface area contributed by atoms with Crippen molar-refractivity contribution in [2.24, 2.45) is 4.99 Å². The van der Waals surface area contributed by atoms with Gasteiger partial charge in [0.1, 0.15) is 12.4 Å². The highest BCUT2D eigenvalue weighted by Crippen LogP contribution is 2.13. The van der Waals surface area contributed by atoms with Gasteiger partial charge in [-0.15, -0.1) is 0 Å². The first kappa shape index (κ1) is 18.3. The van der Waals surface area contributed by atoms with Crippen molar-refractivity contribution in [1.29, 1.82) is 0 Å². The second kappa shape index (κ2) is 9.95. The summed E-state index contributed by atoms with van der Waals surface area (Å²) in [7, 11) is 5.86. The Hall–Kier alpha value is -2.05. The number of guanidine groups is 1. The van der Waals surface area contributed by atoms with E-state index in [9.17, 15) is 0 Å². The number of nitrogens with one attached hydrogen (secondary N) is 2. The molecule has 0 aliphatic carbocycles. The lowest BCUT2D eigenvalue weighted by Crippen LogP contribution is -2.36. The van der Waals surface area contributed by atoms with Crippen LogP contribution in [0.15, 0.2) is 46.1 Å². The van der Waals surface area contributed by atoms with Gasteiger partial charge in [-0.3, -0.25) is 4.99 Å². The molecule has 0 unspecified atom stereocenters. The van der Waals surface area contributed by atoms with Gasteiger partial charge in [0.05, 0.1) is 0 Å². The van der Waals surface area contributed by atoms with Gasteiger partial charge in [0.15, 0.2) is 5.96 Å². The minimum absolute atomic E-state index is 0.688.